The van der Waals surface area contributed by atoms with Crippen molar-refractivity contribution in [1.82, 2.24) is 9.88 Å². The second-order valence-electron chi connectivity index (χ2n) is 9.18. The smallest absolute Gasteiger partial charge is 0.309 e. The van der Waals surface area contributed by atoms with Gasteiger partial charge in [0.15, 0.2) is 0 Å². The van der Waals surface area contributed by atoms with Crippen LogP contribution < -0.4 is 10.6 Å². The summed E-state index contributed by atoms with van der Waals surface area (Å²) in [5, 5.41) is 6.12. The number of pyridine rings is 1. The summed E-state index contributed by atoms with van der Waals surface area (Å²) in [6.45, 7) is 1.54. The predicted molar refractivity (Wildman–Crippen MR) is 137 cm³/mol. The van der Waals surface area contributed by atoms with E-state index in [0.29, 0.717) is 35.2 Å². The molecule has 0 radical (unpaired) electrons. The van der Waals surface area contributed by atoms with Crippen LogP contribution in [0.1, 0.15) is 48.7 Å². The molecular weight excluding hydrogens is 476 g/mol. The molecule has 1 saturated carbocycles. The van der Waals surface area contributed by atoms with Crippen LogP contribution in [-0.4, -0.2) is 53.8 Å². The molecular formula is C27H30N4O6. The van der Waals surface area contributed by atoms with Crippen LogP contribution in [0.5, 0.6) is 0 Å². The number of rotatable bonds is 7. The van der Waals surface area contributed by atoms with Crippen LogP contribution >= 0.6 is 0 Å². The molecule has 10 nitrogen and oxygen atoms in total. The highest BCUT2D eigenvalue weighted by molar-refractivity contribution is 6.14. The third kappa shape index (κ3) is 5.96. The Labute approximate surface area is 214 Å². The Hall–Kier alpha value is -4.21. The largest absolute Gasteiger partial charge is 0.469 e. The van der Waals surface area contributed by atoms with E-state index in [1.165, 1.54) is 14.0 Å². The maximum Gasteiger partial charge on any atom is 0.309 e. The van der Waals surface area contributed by atoms with Crippen molar-refractivity contribution in [2.45, 2.75) is 45.1 Å². The van der Waals surface area contributed by atoms with Gasteiger partial charge in [-0.05, 0) is 55.5 Å². The lowest BCUT2D eigenvalue weighted by molar-refractivity contribution is -0.139. The predicted octanol–water partition coefficient (Wildman–Crippen LogP) is 3.77. The Morgan fingerprint density at radius 2 is 1.84 bits per heavy atom. The van der Waals surface area contributed by atoms with E-state index in [-0.39, 0.29) is 41.6 Å². The fraction of sp³-hybridized carbons (Fsp3) is 0.370. The van der Waals surface area contributed by atoms with Gasteiger partial charge in [-0.3, -0.25) is 19.2 Å². The van der Waals surface area contributed by atoms with Crippen LogP contribution in [0.25, 0.3) is 11.0 Å². The number of esters is 1. The molecule has 10 heteroatoms. The molecule has 2 heterocycles. The van der Waals surface area contributed by atoms with Gasteiger partial charge in [0.05, 0.1) is 13.5 Å². The van der Waals surface area contributed by atoms with Gasteiger partial charge in [0.1, 0.15) is 17.1 Å². The van der Waals surface area contributed by atoms with E-state index in [4.69, 9.17) is 9.15 Å². The first-order chi connectivity index (χ1) is 17.8. The van der Waals surface area contributed by atoms with Crippen molar-refractivity contribution < 1.29 is 28.3 Å². The Kier molecular flexibility index (Phi) is 7.86. The average molecular weight is 507 g/mol. The van der Waals surface area contributed by atoms with Crippen LogP contribution in [-0.2, 0) is 25.5 Å². The Bertz CT molecular complexity index is 1310. The highest BCUT2D eigenvalue weighted by Gasteiger charge is 2.31. The standard InChI is InChI=1S/C27H30N4O6/c1-16(32)31(2)19-10-8-18(9-11-19)26(34)30-24-20-14-17(15-23(33)36-3)7-12-21(20)37-25(24)27(35)29-22-6-4-5-13-28-22/h4-7,12-14,18-19H,8-11,15H2,1-3H3,(H,30,34)(H,28,29,35). The molecule has 3 amide bonds. The van der Waals surface area contributed by atoms with Crippen molar-refractivity contribution in [2.75, 3.05) is 24.8 Å². The molecule has 0 aliphatic heterocycles. The molecule has 1 aliphatic rings. The van der Waals surface area contributed by atoms with Gasteiger partial charge in [-0.1, -0.05) is 12.1 Å². The van der Waals surface area contributed by atoms with Crippen LogP contribution in [0.3, 0.4) is 0 Å². The van der Waals surface area contributed by atoms with Crippen LogP contribution in [0.15, 0.2) is 47.0 Å². The molecule has 0 saturated heterocycles. The summed E-state index contributed by atoms with van der Waals surface area (Å²) in [6, 6.07) is 10.3. The minimum Gasteiger partial charge on any atom is -0.469 e. The number of anilines is 2. The quantitative estimate of drug-likeness (QED) is 0.466. The number of aromatic nitrogens is 1. The summed E-state index contributed by atoms with van der Waals surface area (Å²) in [5.74, 6) is -1.19. The zero-order chi connectivity index (χ0) is 26.5. The first kappa shape index (κ1) is 25.9. The first-order valence-electron chi connectivity index (χ1n) is 12.2. The Balaban J connectivity index is 1.61. The minimum absolute atomic E-state index is 0.00378. The molecule has 2 N–H and O–H groups in total. The van der Waals surface area contributed by atoms with Crippen molar-refractivity contribution in [3.05, 3.63) is 53.9 Å². The SMILES string of the molecule is COC(=O)Cc1ccc2oc(C(=O)Nc3ccccn3)c(NC(=O)C3CCC(N(C)C(C)=O)CC3)c2c1. The number of nitrogens with zero attached hydrogens (tertiary/aromatic N) is 2. The summed E-state index contributed by atoms with van der Waals surface area (Å²) in [5.41, 5.74) is 1.28. The molecule has 3 aromatic rings. The fourth-order valence-electron chi connectivity index (χ4n) is 4.60. The number of hydrogen-bond acceptors (Lipinski definition) is 7. The molecule has 1 fully saturated rings. The summed E-state index contributed by atoms with van der Waals surface area (Å²) in [7, 11) is 3.09. The third-order valence-electron chi connectivity index (χ3n) is 6.80. The van der Waals surface area contributed by atoms with Crippen molar-refractivity contribution in [1.29, 1.82) is 0 Å². The number of ether oxygens (including phenoxy) is 1. The number of nitrogens with one attached hydrogen (secondary N) is 2. The summed E-state index contributed by atoms with van der Waals surface area (Å²) >= 11 is 0. The van der Waals surface area contributed by atoms with Crippen molar-refractivity contribution in [3.8, 4) is 0 Å². The molecule has 4 rings (SSSR count). The van der Waals surface area contributed by atoms with Crippen molar-refractivity contribution >= 4 is 46.2 Å². The topological polar surface area (TPSA) is 131 Å². The van der Waals surface area contributed by atoms with Crippen molar-refractivity contribution in [2.24, 2.45) is 5.92 Å². The average Bonchev–Trinajstić information content (AvgIpc) is 3.26. The molecule has 0 unspecified atom stereocenters. The number of fused-ring (bicyclic) bond motifs is 1. The van der Waals surface area contributed by atoms with E-state index < -0.39 is 11.9 Å². The van der Waals surface area contributed by atoms with E-state index >= 15 is 0 Å². The zero-order valence-corrected chi connectivity index (χ0v) is 21.1. The summed E-state index contributed by atoms with van der Waals surface area (Å²) < 4.78 is 10.6. The number of carbonyl (C=O) groups excluding carboxylic acids is 4. The van der Waals surface area contributed by atoms with Gasteiger partial charge in [0.25, 0.3) is 5.91 Å². The van der Waals surface area contributed by atoms with Gasteiger partial charge in [0, 0.05) is 37.5 Å². The van der Waals surface area contributed by atoms with E-state index in [1.807, 2.05) is 0 Å². The first-order valence-corrected chi connectivity index (χ1v) is 12.2. The zero-order valence-electron chi connectivity index (χ0n) is 21.1. The Morgan fingerprint density at radius 1 is 1.08 bits per heavy atom. The second kappa shape index (κ2) is 11.2. The lowest BCUT2D eigenvalue weighted by Gasteiger charge is -2.33. The van der Waals surface area contributed by atoms with Crippen LogP contribution in [0.4, 0.5) is 11.5 Å². The molecule has 1 aliphatic carbocycles. The molecule has 1 aromatic carbocycles. The molecule has 2 aromatic heterocycles. The maximum atomic E-state index is 13.3. The molecule has 0 bridgehead atoms. The summed E-state index contributed by atoms with van der Waals surface area (Å²) in [4.78, 5) is 55.8. The lowest BCUT2D eigenvalue weighted by Crippen LogP contribution is -2.40. The lowest BCUT2D eigenvalue weighted by atomic mass is 9.84. The van der Waals surface area contributed by atoms with Gasteiger partial charge in [-0.15, -0.1) is 0 Å². The maximum absolute atomic E-state index is 13.3. The van der Waals surface area contributed by atoms with Crippen LogP contribution in [0.2, 0.25) is 0 Å². The number of amides is 3. The van der Waals surface area contributed by atoms with E-state index in [9.17, 15) is 19.2 Å². The molecule has 194 valence electrons. The van der Waals surface area contributed by atoms with Gasteiger partial charge in [-0.25, -0.2) is 4.98 Å². The number of methoxy groups -OCH3 is 1. The van der Waals surface area contributed by atoms with Gasteiger partial charge in [0.2, 0.25) is 17.6 Å². The van der Waals surface area contributed by atoms with Gasteiger partial charge in [-0.2, -0.15) is 0 Å². The molecule has 0 spiro atoms. The molecule has 37 heavy (non-hydrogen) atoms. The molecule has 0 atom stereocenters. The van der Waals surface area contributed by atoms with E-state index in [2.05, 4.69) is 15.6 Å². The number of furan rings is 1. The van der Waals surface area contributed by atoms with Gasteiger partial charge < -0.3 is 24.7 Å². The van der Waals surface area contributed by atoms with E-state index in [1.54, 1.807) is 54.5 Å². The van der Waals surface area contributed by atoms with Crippen LogP contribution in [0, 0.1) is 5.92 Å². The number of carbonyl (C=O) groups is 4. The highest BCUT2D eigenvalue weighted by atomic mass is 16.5. The number of hydrogen-bond donors (Lipinski definition) is 2. The second-order valence-corrected chi connectivity index (χ2v) is 9.18. The van der Waals surface area contributed by atoms with E-state index in [0.717, 1.165) is 12.8 Å². The monoisotopic (exact) mass is 506 g/mol. The van der Waals surface area contributed by atoms with Crippen molar-refractivity contribution in [3.63, 3.8) is 0 Å². The normalized spacial score (nSPS) is 17.2. The minimum atomic E-state index is -0.563. The highest BCUT2D eigenvalue weighted by Crippen LogP contribution is 2.35. The third-order valence-corrected chi connectivity index (χ3v) is 6.80. The fourth-order valence-corrected chi connectivity index (χ4v) is 4.60. The van der Waals surface area contributed by atoms with Gasteiger partial charge >= 0.3 is 5.97 Å². The Morgan fingerprint density at radius 3 is 2.49 bits per heavy atom. The number of benzene rings is 1. The summed E-state index contributed by atoms with van der Waals surface area (Å²) in [6.07, 6.45) is 4.26.